The van der Waals surface area contributed by atoms with Crippen LogP contribution in [0.1, 0.15) is 30.9 Å². The molecule has 1 aromatic carbocycles. The zero-order chi connectivity index (χ0) is 15.9. The van der Waals surface area contributed by atoms with E-state index in [4.69, 9.17) is 16.3 Å². The highest BCUT2D eigenvalue weighted by Crippen LogP contribution is 2.30. The minimum Gasteiger partial charge on any atom is -0.457 e. The highest BCUT2D eigenvalue weighted by atomic mass is 35.5. The molecular weight excluding hydrogens is 318 g/mol. The molecule has 1 aromatic heterocycles. The van der Waals surface area contributed by atoms with Gasteiger partial charge in [0.25, 0.3) is 0 Å². The molecule has 3 nitrogen and oxygen atoms in total. The predicted octanol–water partition coefficient (Wildman–Crippen LogP) is 5.15. The van der Waals surface area contributed by atoms with Gasteiger partial charge in [0.2, 0.25) is 0 Å². The molecule has 0 radical (unpaired) electrons. The summed E-state index contributed by atoms with van der Waals surface area (Å²) in [7, 11) is 0. The van der Waals surface area contributed by atoms with Crippen molar-refractivity contribution in [3.8, 4) is 5.75 Å². The molecular formula is C17H18ClNO2S. The summed E-state index contributed by atoms with van der Waals surface area (Å²) in [5, 5.41) is 13.4. The van der Waals surface area contributed by atoms with E-state index in [0.29, 0.717) is 27.1 Å². The molecule has 0 aliphatic rings. The number of ether oxygens (including phenoxy) is 1. The van der Waals surface area contributed by atoms with Crippen LogP contribution in [0.5, 0.6) is 5.75 Å². The second kappa shape index (κ2) is 8.13. The molecule has 5 heteroatoms. The van der Waals surface area contributed by atoms with Crippen LogP contribution in [0.4, 0.5) is 0 Å². The third kappa shape index (κ3) is 4.44. The Morgan fingerprint density at radius 1 is 1.55 bits per heavy atom. The molecule has 0 saturated heterocycles. The Morgan fingerprint density at radius 3 is 3.00 bits per heavy atom. The van der Waals surface area contributed by atoms with Gasteiger partial charge >= 0.3 is 0 Å². The van der Waals surface area contributed by atoms with Crippen molar-refractivity contribution in [2.75, 3.05) is 0 Å². The first-order valence-electron chi connectivity index (χ1n) is 7.02. The van der Waals surface area contributed by atoms with Gasteiger partial charge in [-0.3, -0.25) is 0 Å². The highest BCUT2D eigenvalue weighted by molar-refractivity contribution is 7.09. The van der Waals surface area contributed by atoms with E-state index in [1.807, 2.05) is 23.6 Å². The van der Waals surface area contributed by atoms with Gasteiger partial charge < -0.3 is 9.84 Å². The average Bonchev–Trinajstić information content (AvgIpc) is 3.04. The Labute approximate surface area is 139 Å². The summed E-state index contributed by atoms with van der Waals surface area (Å²) in [6.45, 7) is 6.05. The van der Waals surface area contributed by atoms with E-state index in [9.17, 15) is 5.11 Å². The number of aromatic nitrogens is 1. The van der Waals surface area contributed by atoms with Crippen molar-refractivity contribution in [2.24, 2.45) is 0 Å². The third-order valence-corrected chi connectivity index (χ3v) is 4.04. The molecule has 1 atom stereocenters. The first-order valence-corrected chi connectivity index (χ1v) is 8.27. The van der Waals surface area contributed by atoms with Crippen molar-refractivity contribution in [2.45, 2.75) is 25.9 Å². The van der Waals surface area contributed by atoms with Crippen LogP contribution in [0, 0.1) is 0 Å². The molecule has 0 aliphatic carbocycles. The van der Waals surface area contributed by atoms with Gasteiger partial charge in [-0.1, -0.05) is 37.6 Å². The summed E-state index contributed by atoms with van der Waals surface area (Å²) in [5.41, 5.74) is 0.489. The number of aliphatic hydroxyl groups is 1. The van der Waals surface area contributed by atoms with Crippen molar-refractivity contribution in [1.82, 2.24) is 4.98 Å². The number of hydrogen-bond donors (Lipinski definition) is 1. The fourth-order valence-electron chi connectivity index (χ4n) is 1.82. The molecule has 1 heterocycles. The molecule has 0 aliphatic heterocycles. The number of thiazole rings is 1. The Balaban J connectivity index is 2.20. The van der Waals surface area contributed by atoms with Gasteiger partial charge in [0.1, 0.15) is 22.6 Å². The van der Waals surface area contributed by atoms with Crippen molar-refractivity contribution >= 4 is 22.9 Å². The van der Waals surface area contributed by atoms with E-state index in [1.165, 1.54) is 11.3 Å². The minimum absolute atomic E-state index is 0.489. The van der Waals surface area contributed by atoms with E-state index in [-0.39, 0.29) is 0 Å². The summed E-state index contributed by atoms with van der Waals surface area (Å²) in [6.07, 6.45) is 4.52. The lowest BCUT2D eigenvalue weighted by atomic mass is 10.1. The molecule has 2 rings (SSSR count). The number of aliphatic hydroxyl groups excluding tert-OH is 1. The van der Waals surface area contributed by atoms with Crippen molar-refractivity contribution in [1.29, 1.82) is 0 Å². The third-order valence-electron chi connectivity index (χ3n) is 2.97. The number of rotatable bonds is 7. The van der Waals surface area contributed by atoms with Crippen molar-refractivity contribution in [3.63, 3.8) is 0 Å². The van der Waals surface area contributed by atoms with Gasteiger partial charge in [-0.15, -0.1) is 11.3 Å². The first kappa shape index (κ1) is 16.7. The first-order chi connectivity index (χ1) is 10.6. The molecule has 0 bridgehead atoms. The molecule has 116 valence electrons. The summed E-state index contributed by atoms with van der Waals surface area (Å²) < 4.78 is 5.87. The molecule has 0 saturated carbocycles. The molecule has 0 amide bonds. The number of benzene rings is 1. The smallest absolute Gasteiger partial charge is 0.133 e. The van der Waals surface area contributed by atoms with Crippen LogP contribution < -0.4 is 4.74 Å². The topological polar surface area (TPSA) is 42.4 Å². The van der Waals surface area contributed by atoms with Crippen LogP contribution in [0.15, 0.2) is 59.8 Å². The number of halogens is 1. The number of nitrogens with zero attached hydrogens (tertiary/aromatic N) is 1. The van der Waals surface area contributed by atoms with E-state index < -0.39 is 6.10 Å². The quantitative estimate of drug-likeness (QED) is 0.562. The normalized spacial score (nSPS) is 13.0. The Hall–Kier alpha value is -1.62. The van der Waals surface area contributed by atoms with Crippen LogP contribution >= 0.6 is 22.9 Å². The fraction of sp³-hybridized carbons (Fsp3) is 0.235. The minimum atomic E-state index is -0.873. The zero-order valence-electron chi connectivity index (χ0n) is 12.3. The Bertz CT molecular complexity index is 652. The van der Waals surface area contributed by atoms with Crippen LogP contribution in [0.2, 0.25) is 5.02 Å². The van der Waals surface area contributed by atoms with Crippen LogP contribution in [0.3, 0.4) is 0 Å². The maximum absolute atomic E-state index is 10.4. The average molecular weight is 336 g/mol. The zero-order valence-corrected chi connectivity index (χ0v) is 13.9. The highest BCUT2D eigenvalue weighted by Gasteiger charge is 2.19. The summed E-state index contributed by atoms with van der Waals surface area (Å²) in [6, 6.07) is 7.14. The van der Waals surface area contributed by atoms with Gasteiger partial charge in [0, 0.05) is 22.2 Å². The maximum atomic E-state index is 10.4. The molecule has 1 N–H and O–H groups in total. The van der Waals surface area contributed by atoms with Gasteiger partial charge in [-0.25, -0.2) is 4.98 Å². The molecule has 0 fully saturated rings. The second-order valence-electron chi connectivity index (χ2n) is 4.71. The molecule has 2 aromatic rings. The number of allylic oxidation sites excluding steroid dienone is 1. The van der Waals surface area contributed by atoms with Gasteiger partial charge in [0.05, 0.1) is 0 Å². The van der Waals surface area contributed by atoms with E-state index in [1.54, 1.807) is 18.3 Å². The number of unbranched alkanes of at least 4 members (excludes halogenated alkanes) is 1. The van der Waals surface area contributed by atoms with Crippen molar-refractivity contribution in [3.05, 3.63) is 69.9 Å². The van der Waals surface area contributed by atoms with Gasteiger partial charge in [-0.05, 0) is 30.7 Å². The largest absolute Gasteiger partial charge is 0.457 e. The maximum Gasteiger partial charge on any atom is 0.133 e. The summed E-state index contributed by atoms with van der Waals surface area (Å²) in [4.78, 5) is 4.12. The van der Waals surface area contributed by atoms with E-state index in [2.05, 4.69) is 18.5 Å². The van der Waals surface area contributed by atoms with E-state index in [0.717, 1.165) is 12.8 Å². The molecule has 1 unspecified atom stereocenters. The summed E-state index contributed by atoms with van der Waals surface area (Å²) in [5.74, 6) is 1.16. The second-order valence-corrected chi connectivity index (χ2v) is 6.08. The van der Waals surface area contributed by atoms with E-state index >= 15 is 0 Å². The van der Waals surface area contributed by atoms with Crippen molar-refractivity contribution < 1.29 is 9.84 Å². The van der Waals surface area contributed by atoms with Gasteiger partial charge in [0.15, 0.2) is 0 Å². The molecule has 22 heavy (non-hydrogen) atoms. The Kier molecular flexibility index (Phi) is 6.19. The fourth-order valence-corrected chi connectivity index (χ4v) is 2.66. The SMILES string of the molecule is C=C(/C(=C\CCC)Oc1cccc(Cl)c1)C(O)c1nccs1. The standard InChI is InChI=1S/C17H18ClNO2S/c1-3-4-8-15(21-14-7-5-6-13(18)11-14)12(2)16(20)17-19-9-10-22-17/h5-11,16,20H,2-4H2,1H3/b15-8+. The lowest BCUT2D eigenvalue weighted by Gasteiger charge is -2.16. The van der Waals surface area contributed by atoms with Crippen LogP contribution in [-0.4, -0.2) is 10.1 Å². The van der Waals surface area contributed by atoms with Crippen LogP contribution in [-0.2, 0) is 0 Å². The number of hydrogen-bond acceptors (Lipinski definition) is 4. The lowest BCUT2D eigenvalue weighted by molar-refractivity contribution is 0.209. The van der Waals surface area contributed by atoms with Gasteiger partial charge in [-0.2, -0.15) is 0 Å². The molecule has 0 spiro atoms. The predicted molar refractivity (Wildman–Crippen MR) is 91.3 cm³/mol. The monoisotopic (exact) mass is 335 g/mol. The van der Waals surface area contributed by atoms with Crippen LogP contribution in [0.25, 0.3) is 0 Å². The Morgan fingerprint density at radius 2 is 2.36 bits per heavy atom. The summed E-state index contributed by atoms with van der Waals surface area (Å²) >= 11 is 7.36. The lowest BCUT2D eigenvalue weighted by Crippen LogP contribution is -2.07.